The lowest BCUT2D eigenvalue weighted by molar-refractivity contribution is 0.102. The van der Waals surface area contributed by atoms with Crippen LogP contribution in [-0.2, 0) is 16.4 Å². The van der Waals surface area contributed by atoms with E-state index in [1.165, 1.54) is 4.31 Å². The third-order valence-corrected chi connectivity index (χ3v) is 7.39. The van der Waals surface area contributed by atoms with Crippen LogP contribution in [0.25, 0.3) is 0 Å². The number of aryl methyl sites for hydroxylation is 1. The number of sulfonamides is 1. The molecule has 3 aromatic carbocycles. The van der Waals surface area contributed by atoms with E-state index in [2.05, 4.69) is 21.2 Å². The van der Waals surface area contributed by atoms with Crippen molar-refractivity contribution in [2.45, 2.75) is 17.7 Å². The molecule has 4 rings (SSSR count). The summed E-state index contributed by atoms with van der Waals surface area (Å²) in [6.45, 7) is 0.409. The van der Waals surface area contributed by atoms with Crippen LogP contribution < -0.4 is 9.62 Å². The number of carbonyl (C=O) groups excluding carboxylic acids is 1. The van der Waals surface area contributed by atoms with Crippen LogP contribution in [0.3, 0.4) is 0 Å². The van der Waals surface area contributed by atoms with E-state index in [0.29, 0.717) is 28.0 Å². The summed E-state index contributed by atoms with van der Waals surface area (Å²) < 4.78 is 28.5. The Kier molecular flexibility index (Phi) is 5.43. The van der Waals surface area contributed by atoms with E-state index in [-0.39, 0.29) is 10.8 Å². The van der Waals surface area contributed by atoms with Gasteiger partial charge in [0, 0.05) is 16.7 Å². The predicted octanol–water partition coefficient (Wildman–Crippen LogP) is 4.84. The van der Waals surface area contributed by atoms with Crippen LogP contribution in [0.2, 0.25) is 0 Å². The van der Waals surface area contributed by atoms with Gasteiger partial charge in [0.2, 0.25) is 0 Å². The Hall–Kier alpha value is -2.64. The fourth-order valence-electron chi connectivity index (χ4n) is 3.43. The molecule has 1 heterocycles. The monoisotopic (exact) mass is 470 g/mol. The summed E-state index contributed by atoms with van der Waals surface area (Å²) in [5, 5.41) is 2.87. The number of amides is 1. The van der Waals surface area contributed by atoms with E-state index in [4.69, 9.17) is 0 Å². The number of benzene rings is 3. The van der Waals surface area contributed by atoms with E-state index in [1.54, 1.807) is 54.6 Å². The molecule has 29 heavy (non-hydrogen) atoms. The number of fused-ring (bicyclic) bond motifs is 1. The van der Waals surface area contributed by atoms with Gasteiger partial charge in [-0.2, -0.15) is 0 Å². The van der Waals surface area contributed by atoms with Crippen molar-refractivity contribution in [1.82, 2.24) is 0 Å². The number of nitrogens with zero attached hydrogens (tertiary/aromatic N) is 1. The number of hydrogen-bond donors (Lipinski definition) is 1. The maximum atomic E-state index is 13.2. The highest BCUT2D eigenvalue weighted by Crippen LogP contribution is 2.34. The lowest BCUT2D eigenvalue weighted by Crippen LogP contribution is -2.35. The third-order valence-electron chi connectivity index (χ3n) is 4.87. The van der Waals surface area contributed by atoms with E-state index >= 15 is 0 Å². The number of halogens is 1. The molecular formula is C22H19BrN2O3S. The highest BCUT2D eigenvalue weighted by Gasteiger charge is 2.29. The molecule has 3 aromatic rings. The molecule has 1 aliphatic rings. The summed E-state index contributed by atoms with van der Waals surface area (Å²) in [7, 11) is -3.67. The molecule has 0 saturated heterocycles. The molecule has 1 N–H and O–H groups in total. The summed E-state index contributed by atoms with van der Waals surface area (Å²) in [6.07, 6.45) is 1.55. The minimum absolute atomic E-state index is 0.259. The Morgan fingerprint density at radius 1 is 0.966 bits per heavy atom. The highest BCUT2D eigenvalue weighted by molar-refractivity contribution is 9.10. The average Bonchev–Trinajstić information content (AvgIpc) is 2.74. The summed E-state index contributed by atoms with van der Waals surface area (Å²) in [4.78, 5) is 12.9. The average molecular weight is 471 g/mol. The van der Waals surface area contributed by atoms with Gasteiger partial charge in [0.25, 0.3) is 15.9 Å². The minimum Gasteiger partial charge on any atom is -0.322 e. The first-order chi connectivity index (χ1) is 14.0. The van der Waals surface area contributed by atoms with Crippen molar-refractivity contribution in [3.8, 4) is 0 Å². The Morgan fingerprint density at radius 2 is 1.69 bits per heavy atom. The second-order valence-electron chi connectivity index (χ2n) is 6.77. The van der Waals surface area contributed by atoms with Crippen molar-refractivity contribution in [3.05, 3.63) is 88.4 Å². The molecule has 0 saturated carbocycles. The standard InChI is InChI=1S/C22H19BrN2O3S/c23-20-11-5-4-10-19(20)22(26)24-17-13-12-16-7-6-14-25(21(16)15-17)29(27,28)18-8-2-1-3-9-18/h1-5,8-13,15H,6-7,14H2,(H,24,26). The van der Waals surface area contributed by atoms with Crippen molar-refractivity contribution in [3.63, 3.8) is 0 Å². The van der Waals surface area contributed by atoms with Gasteiger partial charge in [-0.1, -0.05) is 36.4 Å². The predicted molar refractivity (Wildman–Crippen MR) is 118 cm³/mol. The third kappa shape index (κ3) is 3.93. The van der Waals surface area contributed by atoms with Gasteiger partial charge >= 0.3 is 0 Å². The van der Waals surface area contributed by atoms with Crippen LogP contribution >= 0.6 is 15.9 Å². The van der Waals surface area contributed by atoms with Crippen molar-refractivity contribution >= 4 is 43.2 Å². The molecule has 0 aliphatic carbocycles. The van der Waals surface area contributed by atoms with Crippen LogP contribution in [-0.4, -0.2) is 20.9 Å². The van der Waals surface area contributed by atoms with Crippen LogP contribution in [0, 0.1) is 0 Å². The van der Waals surface area contributed by atoms with E-state index in [0.717, 1.165) is 18.4 Å². The molecule has 1 aliphatic heterocycles. The van der Waals surface area contributed by atoms with Crippen LogP contribution in [0.4, 0.5) is 11.4 Å². The Balaban J connectivity index is 1.68. The second-order valence-corrected chi connectivity index (χ2v) is 9.49. The molecule has 148 valence electrons. The SMILES string of the molecule is O=C(Nc1ccc2c(c1)N(S(=O)(=O)c1ccccc1)CCC2)c1ccccc1Br. The van der Waals surface area contributed by atoms with E-state index < -0.39 is 10.0 Å². The quantitative estimate of drug-likeness (QED) is 0.592. The van der Waals surface area contributed by atoms with E-state index in [9.17, 15) is 13.2 Å². The van der Waals surface area contributed by atoms with Gasteiger partial charge in [-0.3, -0.25) is 9.10 Å². The highest BCUT2D eigenvalue weighted by atomic mass is 79.9. The molecule has 5 nitrogen and oxygen atoms in total. The maximum absolute atomic E-state index is 13.2. The molecule has 0 radical (unpaired) electrons. The van der Waals surface area contributed by atoms with Crippen LogP contribution in [0.1, 0.15) is 22.3 Å². The second kappa shape index (κ2) is 8.00. The summed E-state index contributed by atoms with van der Waals surface area (Å²) >= 11 is 3.38. The zero-order valence-electron chi connectivity index (χ0n) is 15.5. The van der Waals surface area contributed by atoms with Gasteiger partial charge in [0.1, 0.15) is 0 Å². The van der Waals surface area contributed by atoms with Gasteiger partial charge in [-0.25, -0.2) is 8.42 Å². The molecule has 0 spiro atoms. The fourth-order valence-corrected chi connectivity index (χ4v) is 5.45. The molecule has 7 heteroatoms. The summed E-state index contributed by atoms with van der Waals surface area (Å²) in [5.74, 6) is -0.259. The Morgan fingerprint density at radius 3 is 2.45 bits per heavy atom. The van der Waals surface area contributed by atoms with Gasteiger partial charge in [0.15, 0.2) is 0 Å². The minimum atomic E-state index is -3.67. The van der Waals surface area contributed by atoms with Crippen molar-refractivity contribution in [2.24, 2.45) is 0 Å². The van der Waals surface area contributed by atoms with Crippen molar-refractivity contribution in [1.29, 1.82) is 0 Å². The molecule has 0 bridgehead atoms. The van der Waals surface area contributed by atoms with Crippen LogP contribution in [0.15, 0.2) is 82.2 Å². The first-order valence-corrected chi connectivity index (χ1v) is 11.5. The van der Waals surface area contributed by atoms with Gasteiger partial charge < -0.3 is 5.32 Å². The zero-order valence-corrected chi connectivity index (χ0v) is 17.9. The number of nitrogens with one attached hydrogen (secondary N) is 1. The first-order valence-electron chi connectivity index (χ1n) is 9.23. The van der Waals surface area contributed by atoms with Gasteiger partial charge in [-0.15, -0.1) is 0 Å². The Labute approximate surface area is 178 Å². The smallest absolute Gasteiger partial charge is 0.264 e. The lowest BCUT2D eigenvalue weighted by Gasteiger charge is -2.31. The number of hydrogen-bond acceptors (Lipinski definition) is 3. The number of rotatable bonds is 4. The molecule has 0 atom stereocenters. The summed E-state index contributed by atoms with van der Waals surface area (Å²) in [6, 6.07) is 21.0. The Bertz CT molecular complexity index is 1160. The molecule has 0 aromatic heterocycles. The van der Waals surface area contributed by atoms with Crippen molar-refractivity contribution < 1.29 is 13.2 Å². The molecular weight excluding hydrogens is 452 g/mol. The topological polar surface area (TPSA) is 66.5 Å². The number of carbonyl (C=O) groups is 1. The van der Waals surface area contributed by atoms with E-state index in [1.807, 2.05) is 18.2 Å². The van der Waals surface area contributed by atoms with Crippen molar-refractivity contribution in [2.75, 3.05) is 16.2 Å². The largest absolute Gasteiger partial charge is 0.322 e. The number of anilines is 2. The molecule has 0 unspecified atom stereocenters. The molecule has 1 amide bonds. The van der Waals surface area contributed by atoms with Crippen LogP contribution in [0.5, 0.6) is 0 Å². The zero-order chi connectivity index (χ0) is 20.4. The summed E-state index contributed by atoms with van der Waals surface area (Å²) in [5.41, 5.74) is 2.64. The maximum Gasteiger partial charge on any atom is 0.264 e. The van der Waals surface area contributed by atoms with Gasteiger partial charge in [-0.05, 0) is 70.7 Å². The molecule has 0 fully saturated rings. The first kappa shape index (κ1) is 19.7. The normalized spacial score (nSPS) is 13.6. The van der Waals surface area contributed by atoms with Gasteiger partial charge in [0.05, 0.1) is 16.1 Å². The lowest BCUT2D eigenvalue weighted by atomic mass is 10.0. The fraction of sp³-hybridized carbons (Fsp3) is 0.136.